The van der Waals surface area contributed by atoms with E-state index < -0.39 is 10.0 Å². The van der Waals surface area contributed by atoms with E-state index in [1.165, 1.54) is 12.1 Å². The normalized spacial score (nSPS) is 15.1. The van der Waals surface area contributed by atoms with Crippen LogP contribution in [0.3, 0.4) is 0 Å². The molecule has 0 saturated carbocycles. The molecule has 0 saturated heterocycles. The van der Waals surface area contributed by atoms with Crippen molar-refractivity contribution in [1.29, 1.82) is 0 Å². The van der Waals surface area contributed by atoms with Gasteiger partial charge in [-0.15, -0.1) is 0 Å². The van der Waals surface area contributed by atoms with Crippen LogP contribution in [-0.4, -0.2) is 34.1 Å². The highest BCUT2D eigenvalue weighted by Gasteiger charge is 2.24. The Hall–Kier alpha value is -3.52. The smallest absolute Gasteiger partial charge is 0.262 e. The van der Waals surface area contributed by atoms with Crippen LogP contribution >= 0.6 is 0 Å². The summed E-state index contributed by atoms with van der Waals surface area (Å²) in [6, 6.07) is 18.9. The number of carbonyl (C=O) groups excluding carboxylic acids is 1. The summed E-state index contributed by atoms with van der Waals surface area (Å²) in [7, 11) is -3.82. The molecule has 0 atom stereocenters. The zero-order chi connectivity index (χ0) is 22.1. The van der Waals surface area contributed by atoms with Crippen molar-refractivity contribution in [2.75, 3.05) is 29.4 Å². The van der Waals surface area contributed by atoms with Crippen LogP contribution in [0.5, 0.6) is 11.5 Å². The molecule has 164 valence electrons. The SMILES string of the molecule is O=C(c1ccc(NS(=O)(=O)c2ccc3c(c2)OCCO3)cc1)N1CCCc2ccccc21. The molecule has 0 aliphatic carbocycles. The molecule has 0 aromatic heterocycles. The molecule has 8 heteroatoms. The van der Waals surface area contributed by atoms with Gasteiger partial charge in [-0.2, -0.15) is 0 Å². The van der Waals surface area contributed by atoms with Crippen LogP contribution in [0.25, 0.3) is 0 Å². The predicted octanol–water partition coefficient (Wildman–Crippen LogP) is 3.85. The highest BCUT2D eigenvalue weighted by molar-refractivity contribution is 7.92. The van der Waals surface area contributed by atoms with Crippen molar-refractivity contribution >= 4 is 27.3 Å². The van der Waals surface area contributed by atoms with Gasteiger partial charge in [0.15, 0.2) is 11.5 Å². The van der Waals surface area contributed by atoms with E-state index in [0.29, 0.717) is 42.5 Å². The first kappa shape index (κ1) is 20.4. The Morgan fingerprint density at radius 1 is 0.906 bits per heavy atom. The van der Waals surface area contributed by atoms with Gasteiger partial charge in [-0.3, -0.25) is 9.52 Å². The van der Waals surface area contributed by atoms with Crippen LogP contribution in [0.4, 0.5) is 11.4 Å². The Balaban J connectivity index is 1.33. The molecule has 0 bridgehead atoms. The standard InChI is InChI=1S/C24H22N2O5S/c27-24(26-13-3-5-17-4-1-2-6-21(17)26)18-7-9-19(10-8-18)25-32(28,29)20-11-12-22-23(16-20)31-15-14-30-22/h1-2,4,6-12,16,25H,3,5,13-15H2. The number of carbonyl (C=O) groups is 1. The van der Waals surface area contributed by atoms with E-state index in [-0.39, 0.29) is 10.8 Å². The fourth-order valence-electron chi connectivity index (χ4n) is 3.99. The molecule has 5 rings (SSSR count). The maximum absolute atomic E-state index is 13.1. The second-order valence-electron chi connectivity index (χ2n) is 7.68. The minimum atomic E-state index is -3.82. The van der Waals surface area contributed by atoms with E-state index in [2.05, 4.69) is 4.72 Å². The van der Waals surface area contributed by atoms with Crippen molar-refractivity contribution in [3.05, 3.63) is 77.9 Å². The third-order valence-electron chi connectivity index (χ3n) is 5.56. The number of sulfonamides is 1. The van der Waals surface area contributed by atoms with Gasteiger partial charge in [-0.05, 0) is 60.9 Å². The second kappa shape index (κ2) is 8.20. The van der Waals surface area contributed by atoms with Crippen molar-refractivity contribution in [1.82, 2.24) is 0 Å². The van der Waals surface area contributed by atoms with Crippen LogP contribution in [0.15, 0.2) is 71.6 Å². The minimum Gasteiger partial charge on any atom is -0.486 e. The molecule has 0 unspecified atom stereocenters. The number of aryl methyl sites for hydroxylation is 1. The number of anilines is 2. The Morgan fingerprint density at radius 3 is 2.47 bits per heavy atom. The zero-order valence-electron chi connectivity index (χ0n) is 17.3. The highest BCUT2D eigenvalue weighted by atomic mass is 32.2. The molecular weight excluding hydrogens is 428 g/mol. The van der Waals surface area contributed by atoms with Crippen molar-refractivity contribution in [2.24, 2.45) is 0 Å². The maximum atomic E-state index is 13.1. The van der Waals surface area contributed by atoms with Gasteiger partial charge in [0, 0.05) is 29.5 Å². The summed E-state index contributed by atoms with van der Waals surface area (Å²) in [5.41, 5.74) is 2.97. The number of amides is 1. The van der Waals surface area contributed by atoms with E-state index in [1.54, 1.807) is 35.2 Å². The first-order valence-electron chi connectivity index (χ1n) is 10.4. The quantitative estimate of drug-likeness (QED) is 0.653. The number of nitrogens with zero attached hydrogens (tertiary/aromatic N) is 1. The van der Waals surface area contributed by atoms with Crippen LogP contribution in [0.2, 0.25) is 0 Å². The van der Waals surface area contributed by atoms with Crippen LogP contribution < -0.4 is 19.1 Å². The topological polar surface area (TPSA) is 84.9 Å². The lowest BCUT2D eigenvalue weighted by atomic mass is 10.0. The predicted molar refractivity (Wildman–Crippen MR) is 121 cm³/mol. The number of hydrogen-bond donors (Lipinski definition) is 1. The van der Waals surface area contributed by atoms with Gasteiger partial charge in [0.1, 0.15) is 13.2 Å². The van der Waals surface area contributed by atoms with Gasteiger partial charge >= 0.3 is 0 Å². The first-order chi connectivity index (χ1) is 15.5. The molecule has 3 aromatic carbocycles. The van der Waals surface area contributed by atoms with Crippen molar-refractivity contribution in [3.8, 4) is 11.5 Å². The fraction of sp³-hybridized carbons (Fsp3) is 0.208. The molecular formula is C24H22N2O5S. The number of rotatable bonds is 4. The Labute approximate surface area is 186 Å². The van der Waals surface area contributed by atoms with Crippen molar-refractivity contribution in [2.45, 2.75) is 17.7 Å². The lowest BCUT2D eigenvalue weighted by molar-refractivity contribution is 0.0985. The number of hydrogen-bond acceptors (Lipinski definition) is 5. The average molecular weight is 451 g/mol. The Morgan fingerprint density at radius 2 is 1.66 bits per heavy atom. The maximum Gasteiger partial charge on any atom is 0.262 e. The number of para-hydroxylation sites is 1. The molecule has 0 fully saturated rings. The molecule has 0 radical (unpaired) electrons. The van der Waals surface area contributed by atoms with Crippen LogP contribution in [-0.2, 0) is 16.4 Å². The average Bonchev–Trinajstić information content (AvgIpc) is 2.83. The van der Waals surface area contributed by atoms with Crippen LogP contribution in [0, 0.1) is 0 Å². The fourth-order valence-corrected chi connectivity index (χ4v) is 5.06. The molecule has 7 nitrogen and oxygen atoms in total. The van der Waals surface area contributed by atoms with Gasteiger partial charge in [0.05, 0.1) is 4.90 Å². The van der Waals surface area contributed by atoms with Gasteiger partial charge in [0.25, 0.3) is 15.9 Å². The van der Waals surface area contributed by atoms with E-state index in [9.17, 15) is 13.2 Å². The van der Waals surface area contributed by atoms with E-state index in [4.69, 9.17) is 9.47 Å². The molecule has 32 heavy (non-hydrogen) atoms. The highest BCUT2D eigenvalue weighted by Crippen LogP contribution is 2.33. The summed E-state index contributed by atoms with van der Waals surface area (Å²) >= 11 is 0. The second-order valence-corrected chi connectivity index (χ2v) is 9.36. The van der Waals surface area contributed by atoms with Gasteiger partial charge in [-0.1, -0.05) is 18.2 Å². The number of fused-ring (bicyclic) bond motifs is 2. The summed E-state index contributed by atoms with van der Waals surface area (Å²) in [5.74, 6) is 0.831. The summed E-state index contributed by atoms with van der Waals surface area (Å²) < 4.78 is 39.1. The summed E-state index contributed by atoms with van der Waals surface area (Å²) in [6.45, 7) is 1.47. The Kier molecular flexibility index (Phi) is 5.22. The summed E-state index contributed by atoms with van der Waals surface area (Å²) in [5, 5.41) is 0. The zero-order valence-corrected chi connectivity index (χ0v) is 18.1. The first-order valence-corrected chi connectivity index (χ1v) is 11.9. The van der Waals surface area contributed by atoms with Crippen LogP contribution in [0.1, 0.15) is 22.3 Å². The summed E-state index contributed by atoms with van der Waals surface area (Å²) in [4.78, 5) is 14.9. The lowest BCUT2D eigenvalue weighted by Crippen LogP contribution is -2.35. The van der Waals surface area contributed by atoms with Gasteiger partial charge < -0.3 is 14.4 Å². The molecule has 2 aliphatic heterocycles. The van der Waals surface area contributed by atoms with Crippen molar-refractivity contribution in [3.63, 3.8) is 0 Å². The minimum absolute atomic E-state index is 0.0758. The molecule has 1 N–H and O–H groups in total. The monoisotopic (exact) mass is 450 g/mol. The molecule has 2 heterocycles. The number of benzene rings is 3. The third kappa shape index (κ3) is 3.89. The molecule has 2 aliphatic rings. The lowest BCUT2D eigenvalue weighted by Gasteiger charge is -2.29. The third-order valence-corrected chi connectivity index (χ3v) is 6.94. The largest absolute Gasteiger partial charge is 0.486 e. The molecule has 3 aromatic rings. The molecule has 0 spiro atoms. The van der Waals surface area contributed by atoms with E-state index >= 15 is 0 Å². The van der Waals surface area contributed by atoms with Gasteiger partial charge in [-0.25, -0.2) is 8.42 Å². The van der Waals surface area contributed by atoms with Crippen molar-refractivity contribution < 1.29 is 22.7 Å². The number of ether oxygens (including phenoxy) is 2. The van der Waals surface area contributed by atoms with Gasteiger partial charge in [0.2, 0.25) is 0 Å². The summed E-state index contributed by atoms with van der Waals surface area (Å²) in [6.07, 6.45) is 1.87. The Bertz CT molecular complexity index is 1270. The van der Waals surface area contributed by atoms with E-state index in [0.717, 1.165) is 24.1 Å². The molecule has 1 amide bonds. The number of nitrogens with one attached hydrogen (secondary N) is 1. The van der Waals surface area contributed by atoms with E-state index in [1.807, 2.05) is 24.3 Å².